The summed E-state index contributed by atoms with van der Waals surface area (Å²) >= 11 is 0. The zero-order valence-corrected chi connectivity index (χ0v) is 13.8. The average Bonchev–Trinajstić information content (AvgIpc) is 2.51. The van der Waals surface area contributed by atoms with Gasteiger partial charge in [-0.25, -0.2) is 8.42 Å². The zero-order valence-electron chi connectivity index (χ0n) is 13.0. The number of para-hydroxylation sites is 1. The number of anilines is 1. The second-order valence-corrected chi connectivity index (χ2v) is 7.01. The van der Waals surface area contributed by atoms with Crippen LogP contribution in [-0.4, -0.2) is 27.1 Å². The first-order valence-electron chi connectivity index (χ1n) is 7.34. The Hall–Kier alpha value is -2.34. The SMILES string of the molecule is CS(=O)(=O)Nc1ccccc1C(=O)NCCCc1ccccc1. The van der Waals surface area contributed by atoms with Gasteiger partial charge >= 0.3 is 0 Å². The largest absolute Gasteiger partial charge is 0.352 e. The summed E-state index contributed by atoms with van der Waals surface area (Å²) in [7, 11) is -3.42. The van der Waals surface area contributed by atoms with Crippen LogP contribution < -0.4 is 10.0 Å². The van der Waals surface area contributed by atoms with Crippen LogP contribution in [0.25, 0.3) is 0 Å². The molecule has 2 N–H and O–H groups in total. The van der Waals surface area contributed by atoms with Crippen molar-refractivity contribution in [3.8, 4) is 0 Å². The van der Waals surface area contributed by atoms with Gasteiger partial charge in [0, 0.05) is 6.54 Å². The van der Waals surface area contributed by atoms with Crippen LogP contribution in [0.1, 0.15) is 22.3 Å². The van der Waals surface area contributed by atoms with Crippen molar-refractivity contribution in [2.45, 2.75) is 12.8 Å². The minimum Gasteiger partial charge on any atom is -0.352 e. The molecule has 0 bridgehead atoms. The van der Waals surface area contributed by atoms with Gasteiger partial charge in [-0.1, -0.05) is 42.5 Å². The molecule has 0 aromatic heterocycles. The lowest BCUT2D eigenvalue weighted by Gasteiger charge is -2.11. The molecule has 0 aliphatic rings. The summed E-state index contributed by atoms with van der Waals surface area (Å²) in [5.74, 6) is -0.287. The van der Waals surface area contributed by atoms with Gasteiger partial charge < -0.3 is 5.32 Å². The highest BCUT2D eigenvalue weighted by molar-refractivity contribution is 7.92. The quantitative estimate of drug-likeness (QED) is 0.765. The second-order valence-electron chi connectivity index (χ2n) is 5.26. The first-order valence-corrected chi connectivity index (χ1v) is 9.24. The maximum atomic E-state index is 12.2. The third-order valence-corrected chi connectivity index (χ3v) is 3.83. The molecule has 6 heteroatoms. The summed E-state index contributed by atoms with van der Waals surface area (Å²) < 4.78 is 25.1. The van der Waals surface area contributed by atoms with E-state index in [1.807, 2.05) is 30.3 Å². The molecule has 0 saturated heterocycles. The van der Waals surface area contributed by atoms with E-state index in [0.29, 0.717) is 12.1 Å². The van der Waals surface area contributed by atoms with Crippen molar-refractivity contribution in [2.24, 2.45) is 0 Å². The topological polar surface area (TPSA) is 75.3 Å². The van der Waals surface area contributed by atoms with Crippen LogP contribution in [0.3, 0.4) is 0 Å². The third-order valence-electron chi connectivity index (χ3n) is 3.24. The molecule has 0 heterocycles. The van der Waals surface area contributed by atoms with E-state index in [1.54, 1.807) is 24.3 Å². The molecular weight excluding hydrogens is 312 g/mol. The third kappa shape index (κ3) is 5.75. The van der Waals surface area contributed by atoms with Crippen LogP contribution in [0.2, 0.25) is 0 Å². The molecule has 0 saturated carbocycles. The van der Waals surface area contributed by atoms with Crippen molar-refractivity contribution in [2.75, 3.05) is 17.5 Å². The fraction of sp³-hybridized carbons (Fsp3) is 0.235. The van der Waals surface area contributed by atoms with Crippen molar-refractivity contribution in [3.63, 3.8) is 0 Å². The maximum absolute atomic E-state index is 12.2. The van der Waals surface area contributed by atoms with Gasteiger partial charge in [0.05, 0.1) is 17.5 Å². The van der Waals surface area contributed by atoms with E-state index in [9.17, 15) is 13.2 Å². The molecular formula is C17H20N2O3S. The average molecular weight is 332 g/mol. The second kappa shape index (κ2) is 7.78. The van der Waals surface area contributed by atoms with E-state index < -0.39 is 10.0 Å². The van der Waals surface area contributed by atoms with Gasteiger partial charge in [-0.05, 0) is 30.5 Å². The number of hydrogen-bond donors (Lipinski definition) is 2. The summed E-state index contributed by atoms with van der Waals surface area (Å²) in [6.07, 6.45) is 2.75. The Kier molecular flexibility index (Phi) is 5.76. The summed E-state index contributed by atoms with van der Waals surface area (Å²) in [5, 5.41) is 2.82. The normalized spacial score (nSPS) is 11.0. The number of sulfonamides is 1. The molecule has 0 aliphatic carbocycles. The van der Waals surface area contributed by atoms with Gasteiger partial charge in [-0.3, -0.25) is 9.52 Å². The molecule has 5 nitrogen and oxygen atoms in total. The van der Waals surface area contributed by atoms with Crippen LogP contribution in [-0.2, 0) is 16.4 Å². The molecule has 1 amide bonds. The van der Waals surface area contributed by atoms with Gasteiger partial charge in [0.25, 0.3) is 5.91 Å². The lowest BCUT2D eigenvalue weighted by atomic mass is 10.1. The van der Waals surface area contributed by atoms with Gasteiger partial charge in [0.15, 0.2) is 0 Å². The summed E-state index contributed by atoms with van der Waals surface area (Å²) in [4.78, 5) is 12.2. The molecule has 0 spiro atoms. The lowest BCUT2D eigenvalue weighted by Crippen LogP contribution is -2.26. The zero-order chi connectivity index (χ0) is 16.7. The Morgan fingerprint density at radius 3 is 2.35 bits per heavy atom. The molecule has 0 unspecified atom stereocenters. The lowest BCUT2D eigenvalue weighted by molar-refractivity contribution is 0.0954. The number of benzene rings is 2. The predicted molar refractivity (Wildman–Crippen MR) is 92.0 cm³/mol. The molecule has 0 radical (unpaired) electrons. The Labute approximate surface area is 136 Å². The number of rotatable bonds is 7. The van der Waals surface area contributed by atoms with Crippen molar-refractivity contribution in [1.29, 1.82) is 0 Å². The van der Waals surface area contributed by atoms with E-state index in [0.717, 1.165) is 19.1 Å². The van der Waals surface area contributed by atoms with Crippen molar-refractivity contribution >= 4 is 21.6 Å². The first-order chi connectivity index (χ1) is 11.0. The minimum absolute atomic E-state index is 0.287. The van der Waals surface area contributed by atoms with Crippen molar-refractivity contribution in [3.05, 3.63) is 65.7 Å². The minimum atomic E-state index is -3.42. The van der Waals surface area contributed by atoms with E-state index >= 15 is 0 Å². The standard InChI is InChI=1S/C17H20N2O3S/c1-23(21,22)19-16-12-6-5-11-15(16)17(20)18-13-7-10-14-8-3-2-4-9-14/h2-6,8-9,11-12,19H,7,10,13H2,1H3,(H,18,20). The fourth-order valence-electron chi connectivity index (χ4n) is 2.20. The summed E-state index contributed by atoms with van der Waals surface area (Å²) in [6.45, 7) is 0.529. The van der Waals surface area contributed by atoms with Gasteiger partial charge in [0.1, 0.15) is 0 Å². The van der Waals surface area contributed by atoms with E-state index in [4.69, 9.17) is 0 Å². The number of carbonyl (C=O) groups excluding carboxylic acids is 1. The highest BCUT2D eigenvalue weighted by atomic mass is 32.2. The summed E-state index contributed by atoms with van der Waals surface area (Å²) in [6, 6.07) is 16.6. The number of amides is 1. The van der Waals surface area contributed by atoms with Crippen molar-refractivity contribution in [1.82, 2.24) is 5.32 Å². The molecule has 23 heavy (non-hydrogen) atoms. The number of aryl methyl sites for hydroxylation is 1. The van der Waals surface area contributed by atoms with Gasteiger partial charge in [-0.2, -0.15) is 0 Å². The van der Waals surface area contributed by atoms with Gasteiger partial charge in [0.2, 0.25) is 10.0 Å². The molecule has 0 atom stereocenters. The molecule has 2 aromatic carbocycles. The Bertz CT molecular complexity index is 758. The van der Waals surface area contributed by atoms with E-state index in [2.05, 4.69) is 10.0 Å². The molecule has 2 rings (SSSR count). The molecule has 122 valence electrons. The fourth-order valence-corrected chi connectivity index (χ4v) is 2.78. The highest BCUT2D eigenvalue weighted by Gasteiger charge is 2.13. The predicted octanol–water partition coefficient (Wildman–Crippen LogP) is 2.42. The van der Waals surface area contributed by atoms with Crippen LogP contribution in [0.15, 0.2) is 54.6 Å². The Morgan fingerprint density at radius 2 is 1.65 bits per heavy atom. The van der Waals surface area contributed by atoms with Crippen LogP contribution >= 0.6 is 0 Å². The molecule has 2 aromatic rings. The maximum Gasteiger partial charge on any atom is 0.253 e. The van der Waals surface area contributed by atoms with Gasteiger partial charge in [-0.15, -0.1) is 0 Å². The highest BCUT2D eigenvalue weighted by Crippen LogP contribution is 2.16. The van der Waals surface area contributed by atoms with E-state index in [1.165, 1.54) is 5.56 Å². The number of carbonyl (C=O) groups is 1. The molecule has 0 fully saturated rings. The van der Waals surface area contributed by atoms with Crippen LogP contribution in [0.4, 0.5) is 5.69 Å². The molecule has 0 aliphatic heterocycles. The summed E-state index contributed by atoms with van der Waals surface area (Å²) in [5.41, 5.74) is 1.83. The monoisotopic (exact) mass is 332 g/mol. The number of nitrogens with one attached hydrogen (secondary N) is 2. The van der Waals surface area contributed by atoms with Crippen molar-refractivity contribution < 1.29 is 13.2 Å². The Balaban J connectivity index is 1.91. The number of hydrogen-bond acceptors (Lipinski definition) is 3. The first kappa shape index (κ1) is 17.0. The van der Waals surface area contributed by atoms with Crippen LogP contribution in [0.5, 0.6) is 0 Å². The Morgan fingerprint density at radius 1 is 1.00 bits per heavy atom. The van der Waals surface area contributed by atoms with Crippen LogP contribution in [0, 0.1) is 0 Å². The van der Waals surface area contributed by atoms with E-state index in [-0.39, 0.29) is 11.6 Å². The smallest absolute Gasteiger partial charge is 0.253 e.